The number of benzene rings is 2. The Morgan fingerprint density at radius 1 is 1.04 bits per heavy atom. The Hall–Kier alpha value is -1.35. The molecule has 0 aliphatic heterocycles. The molecule has 10 heteroatoms. The van der Waals surface area contributed by atoms with Gasteiger partial charge >= 0.3 is 0 Å². The van der Waals surface area contributed by atoms with Gasteiger partial charge in [-0.15, -0.1) is 0 Å². The number of halogens is 3. The molecule has 1 amide bonds. The van der Waals surface area contributed by atoms with Crippen LogP contribution in [0.3, 0.4) is 0 Å². The van der Waals surface area contributed by atoms with Crippen molar-refractivity contribution in [3.63, 3.8) is 0 Å². The first-order valence-corrected chi connectivity index (χ1v) is 10.9. The number of hydrogen-bond acceptors (Lipinski definition) is 4. The van der Waals surface area contributed by atoms with Crippen LogP contribution in [0, 0.1) is 0 Å². The summed E-state index contributed by atoms with van der Waals surface area (Å²) in [7, 11) is -4.00. The van der Waals surface area contributed by atoms with Gasteiger partial charge in [-0.2, -0.15) is 4.31 Å². The van der Waals surface area contributed by atoms with Crippen LogP contribution >= 0.6 is 34.8 Å². The van der Waals surface area contributed by atoms with Gasteiger partial charge in [-0.1, -0.05) is 40.9 Å². The zero-order valence-electron chi connectivity index (χ0n) is 14.7. The Bertz CT molecular complexity index is 921. The normalized spacial score (nSPS) is 11.6. The second-order valence-electron chi connectivity index (χ2n) is 5.89. The summed E-state index contributed by atoms with van der Waals surface area (Å²) in [6.07, 6.45) is 0.374. The van der Waals surface area contributed by atoms with Crippen molar-refractivity contribution in [2.24, 2.45) is 0 Å². The molecule has 2 aromatic carbocycles. The minimum Gasteiger partial charge on any atom is -0.396 e. The van der Waals surface area contributed by atoms with Gasteiger partial charge in [0, 0.05) is 34.8 Å². The number of hydrogen-bond donors (Lipinski definition) is 2. The Labute approximate surface area is 179 Å². The summed E-state index contributed by atoms with van der Waals surface area (Å²) in [6.45, 7) is -0.358. The summed E-state index contributed by atoms with van der Waals surface area (Å²) in [5.74, 6) is -0.490. The van der Waals surface area contributed by atoms with Gasteiger partial charge in [-0.25, -0.2) is 8.42 Å². The zero-order valence-corrected chi connectivity index (χ0v) is 17.8. The van der Waals surface area contributed by atoms with Crippen LogP contribution in [0.1, 0.15) is 12.0 Å². The summed E-state index contributed by atoms with van der Waals surface area (Å²) in [4.78, 5) is 12.2. The Morgan fingerprint density at radius 3 is 2.29 bits per heavy atom. The minimum atomic E-state index is -4.00. The minimum absolute atomic E-state index is 0.00476. The molecule has 0 aliphatic carbocycles. The fourth-order valence-electron chi connectivity index (χ4n) is 2.34. The average molecular weight is 466 g/mol. The number of nitrogens with zero attached hydrogens (tertiary/aromatic N) is 1. The summed E-state index contributed by atoms with van der Waals surface area (Å²) in [6, 6.07) is 10.4. The quantitative estimate of drug-likeness (QED) is 0.556. The number of amides is 1. The molecule has 0 saturated carbocycles. The Morgan fingerprint density at radius 2 is 1.68 bits per heavy atom. The molecule has 0 spiro atoms. The molecule has 2 N–H and O–H groups in total. The maximum absolute atomic E-state index is 13.1. The van der Waals surface area contributed by atoms with Crippen molar-refractivity contribution in [1.29, 1.82) is 0 Å². The molecule has 0 atom stereocenters. The van der Waals surface area contributed by atoms with Crippen LogP contribution in [-0.4, -0.2) is 43.4 Å². The third kappa shape index (κ3) is 6.34. The van der Waals surface area contributed by atoms with Crippen LogP contribution in [0.25, 0.3) is 0 Å². The van der Waals surface area contributed by atoms with E-state index in [1.165, 1.54) is 30.3 Å². The first kappa shape index (κ1) is 22.9. The molecule has 152 valence electrons. The predicted molar refractivity (Wildman–Crippen MR) is 110 cm³/mol. The van der Waals surface area contributed by atoms with Gasteiger partial charge in [0.15, 0.2) is 0 Å². The van der Waals surface area contributed by atoms with E-state index < -0.39 is 22.5 Å². The van der Waals surface area contributed by atoms with Gasteiger partial charge < -0.3 is 10.4 Å². The summed E-state index contributed by atoms with van der Waals surface area (Å²) < 4.78 is 27.2. The molecule has 0 bridgehead atoms. The lowest BCUT2D eigenvalue weighted by molar-refractivity contribution is -0.121. The molecule has 6 nitrogen and oxygen atoms in total. The van der Waals surface area contributed by atoms with Crippen LogP contribution in [0.4, 0.5) is 0 Å². The standard InChI is InChI=1S/C18H19Cl3N2O4S/c19-14-4-6-16(7-5-14)28(26,27)23(12-18(25)22-8-1-9-24)11-13-2-3-15(20)10-17(13)21/h2-7,10,24H,1,8-9,11-12H2,(H,22,25). The van der Waals surface area contributed by atoms with Crippen LogP contribution in [0.5, 0.6) is 0 Å². The van der Waals surface area contributed by atoms with E-state index in [0.29, 0.717) is 27.1 Å². The maximum Gasteiger partial charge on any atom is 0.243 e. The lowest BCUT2D eigenvalue weighted by atomic mass is 10.2. The van der Waals surface area contributed by atoms with Crippen molar-refractivity contribution < 1.29 is 18.3 Å². The SMILES string of the molecule is O=C(CN(Cc1ccc(Cl)cc1Cl)S(=O)(=O)c1ccc(Cl)cc1)NCCCO. The number of aliphatic hydroxyl groups is 1. The van der Waals surface area contributed by atoms with Gasteiger partial charge in [0.2, 0.25) is 15.9 Å². The van der Waals surface area contributed by atoms with E-state index >= 15 is 0 Å². The van der Waals surface area contributed by atoms with Gasteiger partial charge in [0.05, 0.1) is 11.4 Å². The van der Waals surface area contributed by atoms with Gasteiger partial charge in [0.1, 0.15) is 0 Å². The fraction of sp³-hybridized carbons (Fsp3) is 0.278. The Balaban J connectivity index is 2.31. The van der Waals surface area contributed by atoms with E-state index in [4.69, 9.17) is 39.9 Å². The fourth-order valence-corrected chi connectivity index (χ4v) is 4.31. The van der Waals surface area contributed by atoms with Crippen molar-refractivity contribution in [1.82, 2.24) is 9.62 Å². The molecular weight excluding hydrogens is 447 g/mol. The largest absolute Gasteiger partial charge is 0.396 e. The highest BCUT2D eigenvalue weighted by Gasteiger charge is 2.27. The maximum atomic E-state index is 13.1. The third-order valence-corrected chi connectivity index (χ3v) is 6.44. The molecule has 0 saturated heterocycles. The van der Waals surface area contributed by atoms with Gasteiger partial charge in [0.25, 0.3) is 0 Å². The van der Waals surface area contributed by atoms with Gasteiger partial charge in [-0.05, 0) is 48.4 Å². The number of aliphatic hydroxyl groups excluding tert-OH is 1. The van der Waals surface area contributed by atoms with Crippen LogP contribution < -0.4 is 5.32 Å². The van der Waals surface area contributed by atoms with Crippen LogP contribution in [0.15, 0.2) is 47.4 Å². The van der Waals surface area contributed by atoms with Crippen molar-refractivity contribution in [3.05, 3.63) is 63.1 Å². The molecule has 0 heterocycles. The highest BCUT2D eigenvalue weighted by Crippen LogP contribution is 2.25. The lowest BCUT2D eigenvalue weighted by Gasteiger charge is -2.22. The highest BCUT2D eigenvalue weighted by molar-refractivity contribution is 7.89. The van der Waals surface area contributed by atoms with E-state index in [9.17, 15) is 13.2 Å². The van der Waals surface area contributed by atoms with E-state index in [1.807, 2.05) is 0 Å². The monoisotopic (exact) mass is 464 g/mol. The summed E-state index contributed by atoms with van der Waals surface area (Å²) >= 11 is 17.9. The lowest BCUT2D eigenvalue weighted by Crippen LogP contribution is -2.40. The predicted octanol–water partition coefficient (Wildman–Crippen LogP) is 3.34. The molecule has 0 fully saturated rings. The number of sulfonamides is 1. The van der Waals surface area contributed by atoms with Crippen molar-refractivity contribution in [3.8, 4) is 0 Å². The summed E-state index contributed by atoms with van der Waals surface area (Å²) in [5, 5.41) is 12.5. The summed E-state index contributed by atoms with van der Waals surface area (Å²) in [5.41, 5.74) is 0.506. The highest BCUT2D eigenvalue weighted by atomic mass is 35.5. The van der Waals surface area contributed by atoms with E-state index in [0.717, 1.165) is 4.31 Å². The third-order valence-electron chi connectivity index (χ3n) is 3.79. The molecular formula is C18H19Cl3N2O4S. The first-order chi connectivity index (χ1) is 13.2. The topological polar surface area (TPSA) is 86.7 Å². The number of carbonyl (C=O) groups is 1. The number of nitrogens with one attached hydrogen (secondary N) is 1. The van der Waals surface area contributed by atoms with Crippen molar-refractivity contribution >= 4 is 50.7 Å². The van der Waals surface area contributed by atoms with E-state index in [1.54, 1.807) is 12.1 Å². The molecule has 2 aromatic rings. The zero-order chi connectivity index (χ0) is 20.7. The van der Waals surface area contributed by atoms with Crippen LogP contribution in [0.2, 0.25) is 15.1 Å². The smallest absolute Gasteiger partial charge is 0.243 e. The molecule has 28 heavy (non-hydrogen) atoms. The van der Waals surface area contributed by atoms with Crippen molar-refractivity contribution in [2.75, 3.05) is 19.7 Å². The molecule has 0 aromatic heterocycles. The second kappa shape index (κ2) is 10.4. The molecule has 0 aliphatic rings. The molecule has 0 radical (unpaired) electrons. The van der Waals surface area contributed by atoms with Crippen molar-refractivity contribution in [2.45, 2.75) is 17.9 Å². The van der Waals surface area contributed by atoms with E-state index in [-0.39, 0.29) is 24.6 Å². The second-order valence-corrected chi connectivity index (χ2v) is 9.11. The van der Waals surface area contributed by atoms with E-state index in [2.05, 4.69) is 5.32 Å². The first-order valence-electron chi connectivity index (χ1n) is 8.31. The number of carbonyl (C=O) groups excluding carboxylic acids is 1. The Kier molecular flexibility index (Phi) is 8.55. The van der Waals surface area contributed by atoms with Gasteiger partial charge in [-0.3, -0.25) is 4.79 Å². The molecule has 2 rings (SSSR count). The van der Waals surface area contributed by atoms with Crippen LogP contribution in [-0.2, 0) is 21.4 Å². The number of rotatable bonds is 9. The average Bonchev–Trinajstić information content (AvgIpc) is 2.63. The molecule has 0 unspecified atom stereocenters.